The number of likely N-dealkylation sites (tertiary alicyclic amines) is 1. The molecule has 1 aliphatic carbocycles. The Balaban J connectivity index is 1.30. The van der Waals surface area contributed by atoms with Crippen LogP contribution in [-0.4, -0.2) is 55.2 Å². The molecule has 1 amide bonds. The second kappa shape index (κ2) is 11.6. The number of rotatable bonds is 9. The standard InChI is InChI=1S/C31H29F3N8O2/c1-2-39-31(10-11-31)14-18(15-35)30(43)41-12-4-5-19(41)16-42-29-25(28(36)37-17-38-29)27(40-42)21-9-8-20(13-23(21)33)44-24-7-3-6-22(32)26(24)34/h3,6-9,13-14,17,19,39H,2,4-5,10-12,16H2,1H3,(H2,36,37,38)/b18-14+/t19-/m1/s1. The van der Waals surface area contributed by atoms with Gasteiger partial charge in [-0.1, -0.05) is 13.0 Å². The molecule has 10 nitrogen and oxygen atoms in total. The van der Waals surface area contributed by atoms with E-state index in [9.17, 15) is 18.8 Å². The normalized spacial score (nSPS) is 17.6. The molecule has 3 N–H and O–H groups in total. The Labute approximate surface area is 250 Å². The summed E-state index contributed by atoms with van der Waals surface area (Å²) < 4.78 is 50.1. The summed E-state index contributed by atoms with van der Waals surface area (Å²) >= 11 is 0. The molecule has 6 rings (SSSR count). The lowest BCUT2D eigenvalue weighted by Crippen LogP contribution is -2.40. The molecule has 1 saturated carbocycles. The van der Waals surface area contributed by atoms with Gasteiger partial charge < -0.3 is 20.7 Å². The van der Waals surface area contributed by atoms with Crippen molar-refractivity contribution in [2.45, 2.75) is 50.7 Å². The van der Waals surface area contributed by atoms with E-state index in [0.717, 1.165) is 37.9 Å². The van der Waals surface area contributed by atoms with E-state index in [-0.39, 0.29) is 58.2 Å². The Morgan fingerprint density at radius 1 is 1.23 bits per heavy atom. The van der Waals surface area contributed by atoms with Crippen LogP contribution in [0.3, 0.4) is 0 Å². The van der Waals surface area contributed by atoms with Crippen molar-refractivity contribution in [1.82, 2.24) is 30.0 Å². The smallest absolute Gasteiger partial charge is 0.264 e. The SMILES string of the molecule is CCNC1(/C=C(\C#N)C(=O)N2CCC[C@@H]2Cn2nc(-c3ccc(Oc4cccc(F)c4F)cc3F)c3c(N)ncnc32)CC1. The van der Waals surface area contributed by atoms with Crippen molar-refractivity contribution in [2.75, 3.05) is 18.8 Å². The zero-order valence-electron chi connectivity index (χ0n) is 23.9. The van der Waals surface area contributed by atoms with E-state index in [4.69, 9.17) is 10.5 Å². The van der Waals surface area contributed by atoms with Gasteiger partial charge in [0, 0.05) is 23.7 Å². The number of anilines is 1. The minimum atomic E-state index is -1.19. The molecule has 44 heavy (non-hydrogen) atoms. The predicted octanol–water partition coefficient (Wildman–Crippen LogP) is 4.87. The number of nitrogens with two attached hydrogens (primary N) is 1. The second-order valence-corrected chi connectivity index (χ2v) is 10.9. The summed E-state index contributed by atoms with van der Waals surface area (Å²) in [5.41, 5.74) is 6.61. The highest BCUT2D eigenvalue weighted by atomic mass is 19.2. The molecule has 1 atom stereocenters. The van der Waals surface area contributed by atoms with Gasteiger partial charge in [0.2, 0.25) is 5.82 Å². The molecule has 2 aromatic carbocycles. The molecular formula is C31H29F3N8O2. The van der Waals surface area contributed by atoms with E-state index in [1.807, 2.05) is 6.92 Å². The van der Waals surface area contributed by atoms with Crippen LogP contribution < -0.4 is 15.8 Å². The van der Waals surface area contributed by atoms with E-state index in [0.29, 0.717) is 24.0 Å². The molecule has 2 aliphatic rings. The number of hydrogen-bond acceptors (Lipinski definition) is 8. The highest BCUT2D eigenvalue weighted by molar-refractivity contribution is 5.99. The summed E-state index contributed by atoms with van der Waals surface area (Å²) in [4.78, 5) is 23.6. The van der Waals surface area contributed by atoms with Gasteiger partial charge in [-0.25, -0.2) is 23.4 Å². The fourth-order valence-corrected chi connectivity index (χ4v) is 5.71. The number of ether oxygens (including phenoxy) is 1. The number of carbonyl (C=O) groups is 1. The predicted molar refractivity (Wildman–Crippen MR) is 156 cm³/mol. The van der Waals surface area contributed by atoms with Crippen molar-refractivity contribution in [3.63, 3.8) is 0 Å². The van der Waals surface area contributed by atoms with Crippen LogP contribution in [0.25, 0.3) is 22.3 Å². The number of nitriles is 1. The number of nitrogen functional groups attached to an aromatic ring is 1. The van der Waals surface area contributed by atoms with Crippen molar-refractivity contribution < 1.29 is 22.7 Å². The first kappa shape index (κ1) is 29.1. The van der Waals surface area contributed by atoms with E-state index in [2.05, 4.69) is 26.5 Å². The fourth-order valence-electron chi connectivity index (χ4n) is 5.71. The summed E-state index contributed by atoms with van der Waals surface area (Å²) in [7, 11) is 0. The van der Waals surface area contributed by atoms with Crippen LogP contribution in [0.4, 0.5) is 19.0 Å². The van der Waals surface area contributed by atoms with Gasteiger partial charge in [0.1, 0.15) is 41.0 Å². The molecule has 1 saturated heterocycles. The van der Waals surface area contributed by atoms with E-state index < -0.39 is 17.5 Å². The monoisotopic (exact) mass is 602 g/mol. The summed E-state index contributed by atoms with van der Waals surface area (Å²) in [5, 5.41) is 18.2. The average molecular weight is 603 g/mol. The molecule has 0 unspecified atom stereocenters. The molecule has 13 heteroatoms. The molecule has 2 fully saturated rings. The number of likely N-dealkylation sites (N-methyl/N-ethyl adjacent to an activating group) is 1. The maximum atomic E-state index is 15.5. The van der Waals surface area contributed by atoms with Crippen molar-refractivity contribution in [2.24, 2.45) is 0 Å². The lowest BCUT2D eigenvalue weighted by Gasteiger charge is -2.25. The maximum Gasteiger partial charge on any atom is 0.264 e. The Hall–Kier alpha value is -4.96. The maximum absolute atomic E-state index is 15.5. The molecule has 4 aromatic rings. The summed E-state index contributed by atoms with van der Waals surface area (Å²) in [6.45, 7) is 3.44. The number of carbonyl (C=O) groups excluding carboxylic acids is 1. The molecule has 226 valence electrons. The Morgan fingerprint density at radius 3 is 2.77 bits per heavy atom. The summed E-state index contributed by atoms with van der Waals surface area (Å²) in [5.74, 6) is -3.70. The highest BCUT2D eigenvalue weighted by Gasteiger charge is 2.42. The highest BCUT2D eigenvalue weighted by Crippen LogP contribution is 2.38. The second-order valence-electron chi connectivity index (χ2n) is 10.9. The molecule has 0 radical (unpaired) electrons. The van der Waals surface area contributed by atoms with E-state index in [1.165, 1.54) is 30.6 Å². The third kappa shape index (κ3) is 5.44. The Kier molecular flexibility index (Phi) is 7.69. The number of halogens is 3. The molecular weight excluding hydrogens is 573 g/mol. The number of hydrogen-bond donors (Lipinski definition) is 2. The van der Waals surface area contributed by atoms with Gasteiger partial charge in [-0.05, 0) is 62.6 Å². The minimum Gasteiger partial charge on any atom is -0.454 e. The molecule has 0 bridgehead atoms. The number of fused-ring (bicyclic) bond motifs is 1. The lowest BCUT2D eigenvalue weighted by molar-refractivity contribution is -0.127. The number of amides is 1. The minimum absolute atomic E-state index is 0.0488. The van der Waals surface area contributed by atoms with Crippen LogP contribution in [0.1, 0.15) is 32.6 Å². The summed E-state index contributed by atoms with van der Waals surface area (Å²) in [6, 6.07) is 9.11. The van der Waals surface area contributed by atoms with Gasteiger partial charge in [0.05, 0.1) is 18.0 Å². The van der Waals surface area contributed by atoms with E-state index in [1.54, 1.807) is 15.7 Å². The van der Waals surface area contributed by atoms with Crippen LogP contribution in [0.5, 0.6) is 11.5 Å². The number of aromatic nitrogens is 4. The third-order valence-electron chi connectivity index (χ3n) is 8.01. The van der Waals surface area contributed by atoms with Gasteiger partial charge in [0.15, 0.2) is 17.2 Å². The van der Waals surface area contributed by atoms with Gasteiger partial charge >= 0.3 is 0 Å². The quantitative estimate of drug-likeness (QED) is 0.205. The van der Waals surface area contributed by atoms with Gasteiger partial charge in [0.25, 0.3) is 5.91 Å². The average Bonchev–Trinajstić information content (AvgIpc) is 3.43. The molecule has 0 spiro atoms. The van der Waals surface area contributed by atoms with Crippen molar-refractivity contribution >= 4 is 22.8 Å². The lowest BCUT2D eigenvalue weighted by atomic mass is 10.1. The molecule has 2 aromatic heterocycles. The van der Waals surface area contributed by atoms with Gasteiger partial charge in [-0.2, -0.15) is 14.8 Å². The third-order valence-corrected chi connectivity index (χ3v) is 8.01. The van der Waals surface area contributed by atoms with Crippen LogP contribution in [0.2, 0.25) is 0 Å². The fraction of sp³-hybridized carbons (Fsp3) is 0.323. The number of nitrogens with zero attached hydrogens (tertiary/aromatic N) is 6. The Morgan fingerprint density at radius 2 is 2.05 bits per heavy atom. The van der Waals surface area contributed by atoms with Crippen LogP contribution >= 0.6 is 0 Å². The first-order chi connectivity index (χ1) is 21.2. The molecule has 3 heterocycles. The zero-order valence-corrected chi connectivity index (χ0v) is 23.9. The van der Waals surface area contributed by atoms with Gasteiger partial charge in [-0.15, -0.1) is 0 Å². The van der Waals surface area contributed by atoms with Crippen LogP contribution in [0, 0.1) is 28.8 Å². The Bertz CT molecular complexity index is 1830. The van der Waals surface area contributed by atoms with Crippen molar-refractivity contribution in [3.05, 3.63) is 71.8 Å². The van der Waals surface area contributed by atoms with Crippen LogP contribution in [0.15, 0.2) is 54.4 Å². The summed E-state index contributed by atoms with van der Waals surface area (Å²) in [6.07, 6.45) is 6.21. The van der Waals surface area contributed by atoms with Crippen molar-refractivity contribution in [1.29, 1.82) is 5.26 Å². The number of benzene rings is 2. The zero-order chi connectivity index (χ0) is 31.0. The number of nitrogens with one attached hydrogen (secondary N) is 1. The first-order valence-electron chi connectivity index (χ1n) is 14.3. The van der Waals surface area contributed by atoms with Gasteiger partial charge in [-0.3, -0.25) is 4.79 Å². The topological polar surface area (TPSA) is 135 Å². The largest absolute Gasteiger partial charge is 0.454 e. The van der Waals surface area contributed by atoms with Crippen molar-refractivity contribution in [3.8, 4) is 28.8 Å². The first-order valence-corrected chi connectivity index (χ1v) is 14.3. The van der Waals surface area contributed by atoms with E-state index >= 15 is 4.39 Å². The molecule has 1 aliphatic heterocycles. The van der Waals surface area contributed by atoms with Crippen LogP contribution in [-0.2, 0) is 11.3 Å².